The van der Waals surface area contributed by atoms with Crippen LogP contribution in [-0.2, 0) is 20.8 Å². The summed E-state index contributed by atoms with van der Waals surface area (Å²) in [7, 11) is 1.54. The molecular formula is C28H33ClN4O5. The standard InChI is InChI=1S/C28H33ClN4O5/c1-15(2)30-26(35)17(4)32-27(36)16(3)31-25(34)14-22-18(5)33(24-12-11-21(38-6)13-23(22)24)28(37)19-7-9-20(29)10-8-19/h7-13,15-17H,14H2,1-6H3,(H,30,35)(H,31,34)(H,32,36)/t16-,17-/m0/s1. The molecule has 3 aromatic rings. The monoisotopic (exact) mass is 540 g/mol. The summed E-state index contributed by atoms with van der Waals surface area (Å²) >= 11 is 5.99. The van der Waals surface area contributed by atoms with E-state index in [-0.39, 0.29) is 24.3 Å². The van der Waals surface area contributed by atoms with E-state index in [9.17, 15) is 19.2 Å². The molecule has 0 aliphatic carbocycles. The second kappa shape index (κ2) is 12.1. The highest BCUT2D eigenvalue weighted by Gasteiger charge is 2.25. The molecule has 202 valence electrons. The fourth-order valence-corrected chi connectivity index (χ4v) is 4.25. The lowest BCUT2D eigenvalue weighted by molar-refractivity contribution is -0.131. The number of hydrogen-bond donors (Lipinski definition) is 3. The topological polar surface area (TPSA) is 119 Å². The minimum Gasteiger partial charge on any atom is -0.497 e. The van der Waals surface area contributed by atoms with Crippen LogP contribution in [0.5, 0.6) is 5.75 Å². The number of amides is 3. The van der Waals surface area contributed by atoms with Gasteiger partial charge in [0, 0.05) is 27.7 Å². The third-order valence-electron chi connectivity index (χ3n) is 6.13. The van der Waals surface area contributed by atoms with E-state index in [1.54, 1.807) is 74.9 Å². The maximum Gasteiger partial charge on any atom is 0.262 e. The van der Waals surface area contributed by atoms with Gasteiger partial charge in [-0.1, -0.05) is 11.6 Å². The van der Waals surface area contributed by atoms with E-state index in [0.717, 1.165) is 0 Å². The number of benzene rings is 2. The largest absolute Gasteiger partial charge is 0.497 e. The molecule has 0 aliphatic rings. The minimum atomic E-state index is -0.879. The van der Waals surface area contributed by atoms with Crippen LogP contribution in [0, 0.1) is 6.92 Å². The number of carbonyl (C=O) groups excluding carboxylic acids is 4. The first-order chi connectivity index (χ1) is 17.9. The third kappa shape index (κ3) is 6.52. The Bertz CT molecular complexity index is 1360. The highest BCUT2D eigenvalue weighted by atomic mass is 35.5. The van der Waals surface area contributed by atoms with Crippen LogP contribution in [-0.4, -0.2) is 53.4 Å². The van der Waals surface area contributed by atoms with E-state index in [2.05, 4.69) is 16.0 Å². The number of rotatable bonds is 9. The fourth-order valence-electron chi connectivity index (χ4n) is 4.13. The molecule has 1 heterocycles. The van der Waals surface area contributed by atoms with Crippen molar-refractivity contribution in [3.8, 4) is 5.75 Å². The summed E-state index contributed by atoms with van der Waals surface area (Å²) in [6.07, 6.45) is -0.0720. The molecular weight excluding hydrogens is 508 g/mol. The number of fused-ring (bicyclic) bond motifs is 1. The van der Waals surface area contributed by atoms with Gasteiger partial charge >= 0.3 is 0 Å². The minimum absolute atomic E-state index is 0.0606. The molecule has 9 nitrogen and oxygen atoms in total. The molecule has 1 aromatic heterocycles. The SMILES string of the molecule is COc1ccc2c(c1)c(CC(=O)N[C@@H](C)C(=O)N[C@@H](C)C(=O)NC(C)C)c(C)n2C(=O)c1ccc(Cl)cc1. The van der Waals surface area contributed by atoms with Gasteiger partial charge in [-0.2, -0.15) is 0 Å². The number of nitrogens with zero attached hydrogens (tertiary/aromatic N) is 1. The van der Waals surface area contributed by atoms with E-state index in [4.69, 9.17) is 16.3 Å². The first kappa shape index (κ1) is 28.7. The van der Waals surface area contributed by atoms with Crippen LogP contribution >= 0.6 is 11.6 Å². The van der Waals surface area contributed by atoms with Gasteiger partial charge in [-0.25, -0.2) is 0 Å². The smallest absolute Gasteiger partial charge is 0.262 e. The molecule has 0 saturated heterocycles. The number of ether oxygens (including phenoxy) is 1. The summed E-state index contributed by atoms with van der Waals surface area (Å²) in [6.45, 7) is 8.55. The lowest BCUT2D eigenvalue weighted by atomic mass is 10.1. The average Bonchev–Trinajstić information content (AvgIpc) is 3.13. The first-order valence-electron chi connectivity index (χ1n) is 12.3. The van der Waals surface area contributed by atoms with Crippen LogP contribution in [0.1, 0.15) is 49.3 Å². The quantitative estimate of drug-likeness (QED) is 0.384. The lowest BCUT2D eigenvalue weighted by Gasteiger charge is -2.19. The van der Waals surface area contributed by atoms with E-state index in [1.165, 1.54) is 0 Å². The van der Waals surface area contributed by atoms with E-state index >= 15 is 0 Å². The summed E-state index contributed by atoms with van der Waals surface area (Å²) in [4.78, 5) is 51.2. The van der Waals surface area contributed by atoms with Crippen molar-refractivity contribution in [1.82, 2.24) is 20.5 Å². The van der Waals surface area contributed by atoms with Gasteiger partial charge in [0.05, 0.1) is 19.0 Å². The Morgan fingerprint density at radius 2 is 1.50 bits per heavy atom. The van der Waals surface area contributed by atoms with Gasteiger partial charge in [0.15, 0.2) is 0 Å². The van der Waals surface area contributed by atoms with E-state index in [1.807, 2.05) is 13.8 Å². The van der Waals surface area contributed by atoms with Crippen molar-refractivity contribution in [2.45, 2.75) is 59.2 Å². The van der Waals surface area contributed by atoms with Crippen molar-refractivity contribution < 1.29 is 23.9 Å². The molecule has 2 atom stereocenters. The summed E-state index contributed by atoms with van der Waals surface area (Å²) < 4.78 is 6.93. The first-order valence-corrected chi connectivity index (χ1v) is 12.7. The van der Waals surface area contributed by atoms with Crippen LogP contribution in [0.2, 0.25) is 5.02 Å². The van der Waals surface area contributed by atoms with Gasteiger partial charge < -0.3 is 20.7 Å². The number of halogens is 1. The Hall–Kier alpha value is -3.85. The molecule has 0 saturated carbocycles. The summed E-state index contributed by atoms with van der Waals surface area (Å²) in [5.74, 6) is -0.881. The molecule has 3 rings (SSSR count). The average molecular weight is 541 g/mol. The Morgan fingerprint density at radius 3 is 2.11 bits per heavy atom. The number of aromatic nitrogens is 1. The van der Waals surface area contributed by atoms with Crippen LogP contribution in [0.25, 0.3) is 10.9 Å². The highest BCUT2D eigenvalue weighted by Crippen LogP contribution is 2.31. The predicted octanol–water partition coefficient (Wildman–Crippen LogP) is 3.38. The van der Waals surface area contributed by atoms with E-state index < -0.39 is 23.9 Å². The van der Waals surface area contributed by atoms with Gasteiger partial charge in [-0.05, 0) is 82.6 Å². The van der Waals surface area contributed by atoms with Crippen molar-refractivity contribution in [3.63, 3.8) is 0 Å². The lowest BCUT2D eigenvalue weighted by Crippen LogP contribution is -2.52. The molecule has 0 radical (unpaired) electrons. The third-order valence-corrected chi connectivity index (χ3v) is 6.38. The van der Waals surface area contributed by atoms with Crippen LogP contribution < -0.4 is 20.7 Å². The van der Waals surface area contributed by atoms with Gasteiger partial charge in [0.25, 0.3) is 5.91 Å². The molecule has 3 amide bonds. The molecule has 0 fully saturated rings. The number of carbonyl (C=O) groups is 4. The summed E-state index contributed by atoms with van der Waals surface area (Å²) in [6, 6.07) is 10.2. The summed E-state index contributed by atoms with van der Waals surface area (Å²) in [5, 5.41) is 9.24. The van der Waals surface area contributed by atoms with E-state index in [0.29, 0.717) is 38.5 Å². The Kier molecular flexibility index (Phi) is 9.17. The van der Waals surface area contributed by atoms with Gasteiger partial charge in [-0.3, -0.25) is 23.7 Å². The zero-order valence-corrected chi connectivity index (χ0v) is 23.1. The number of nitrogens with one attached hydrogen (secondary N) is 3. The molecule has 2 aromatic carbocycles. The number of hydrogen-bond acceptors (Lipinski definition) is 5. The van der Waals surface area contributed by atoms with Crippen LogP contribution in [0.3, 0.4) is 0 Å². The zero-order valence-electron chi connectivity index (χ0n) is 22.3. The Morgan fingerprint density at radius 1 is 0.895 bits per heavy atom. The number of methoxy groups -OCH3 is 1. The molecule has 0 spiro atoms. The van der Waals surface area contributed by atoms with Gasteiger partial charge in [-0.15, -0.1) is 0 Å². The van der Waals surface area contributed by atoms with Crippen LogP contribution in [0.4, 0.5) is 0 Å². The molecule has 0 aliphatic heterocycles. The second-order valence-electron chi connectivity index (χ2n) is 9.45. The fraction of sp³-hybridized carbons (Fsp3) is 0.357. The Balaban J connectivity index is 1.84. The van der Waals surface area contributed by atoms with Gasteiger partial charge in [0.1, 0.15) is 17.8 Å². The van der Waals surface area contributed by atoms with Crippen molar-refractivity contribution in [3.05, 3.63) is 64.3 Å². The maximum atomic E-state index is 13.4. The normalized spacial score (nSPS) is 12.6. The van der Waals surface area contributed by atoms with Crippen LogP contribution in [0.15, 0.2) is 42.5 Å². The zero-order chi connectivity index (χ0) is 28.1. The van der Waals surface area contributed by atoms with Gasteiger partial charge in [0.2, 0.25) is 17.7 Å². The molecule has 38 heavy (non-hydrogen) atoms. The molecule has 0 unspecified atom stereocenters. The summed E-state index contributed by atoms with van der Waals surface area (Å²) in [5.41, 5.74) is 2.31. The van der Waals surface area contributed by atoms with Crippen molar-refractivity contribution in [2.24, 2.45) is 0 Å². The van der Waals surface area contributed by atoms with Crippen molar-refractivity contribution in [1.29, 1.82) is 0 Å². The molecule has 3 N–H and O–H groups in total. The predicted molar refractivity (Wildman–Crippen MR) is 147 cm³/mol. The Labute approximate surface area is 226 Å². The molecule has 0 bridgehead atoms. The van der Waals surface area contributed by atoms with Crippen molar-refractivity contribution in [2.75, 3.05) is 7.11 Å². The second-order valence-corrected chi connectivity index (χ2v) is 9.89. The molecule has 10 heteroatoms. The maximum absolute atomic E-state index is 13.4. The van der Waals surface area contributed by atoms with Crippen molar-refractivity contribution >= 4 is 46.1 Å². The highest BCUT2D eigenvalue weighted by molar-refractivity contribution is 6.30.